The molecule has 138 valence electrons. The van der Waals surface area contributed by atoms with Crippen LogP contribution in [0, 0.1) is 0 Å². The summed E-state index contributed by atoms with van der Waals surface area (Å²) in [7, 11) is 0. The number of carboxylic acids is 1. The van der Waals surface area contributed by atoms with E-state index in [0.717, 1.165) is 23.7 Å². The fraction of sp³-hybridized carbons (Fsp3) is 0.368. The zero-order valence-electron chi connectivity index (χ0n) is 14.8. The van der Waals surface area contributed by atoms with E-state index in [1.807, 2.05) is 34.5 Å². The van der Waals surface area contributed by atoms with Crippen LogP contribution < -0.4 is 9.64 Å². The largest absolute Gasteiger partial charge is 0.478 e. The molecule has 0 spiro atoms. The molecule has 3 rings (SSSR count). The third-order valence-electron chi connectivity index (χ3n) is 4.39. The first kappa shape index (κ1) is 18.3. The van der Waals surface area contributed by atoms with E-state index in [0.29, 0.717) is 18.8 Å². The fourth-order valence-corrected chi connectivity index (χ4v) is 3.48. The highest BCUT2D eigenvalue weighted by molar-refractivity contribution is 7.12. The number of anilines is 1. The average molecular weight is 374 g/mol. The van der Waals surface area contributed by atoms with E-state index in [2.05, 4.69) is 4.90 Å². The Bertz CT molecular complexity index is 763. The molecule has 6 nitrogen and oxygen atoms in total. The van der Waals surface area contributed by atoms with Crippen molar-refractivity contribution >= 4 is 28.9 Å². The molecule has 26 heavy (non-hydrogen) atoms. The number of carbonyl (C=O) groups excluding carboxylic acids is 1. The quantitative estimate of drug-likeness (QED) is 0.871. The number of hydrogen-bond acceptors (Lipinski definition) is 5. The molecule has 0 aliphatic carbocycles. The summed E-state index contributed by atoms with van der Waals surface area (Å²) in [6.07, 6.45) is 0. The topological polar surface area (TPSA) is 70.1 Å². The lowest BCUT2D eigenvalue weighted by Crippen LogP contribution is -2.48. The maximum absolute atomic E-state index is 12.4. The van der Waals surface area contributed by atoms with Crippen LogP contribution in [0.15, 0.2) is 41.8 Å². The number of piperazine rings is 1. The zero-order valence-corrected chi connectivity index (χ0v) is 15.7. The van der Waals surface area contributed by atoms with Gasteiger partial charge in [-0.3, -0.25) is 4.79 Å². The Balaban J connectivity index is 1.58. The molecular formula is C19H22N2O4S. The van der Waals surface area contributed by atoms with Crippen LogP contribution in [-0.4, -0.2) is 53.7 Å². The van der Waals surface area contributed by atoms with E-state index in [4.69, 9.17) is 9.84 Å². The van der Waals surface area contributed by atoms with Crippen molar-refractivity contribution < 1.29 is 19.4 Å². The van der Waals surface area contributed by atoms with Crippen LogP contribution in [0.5, 0.6) is 5.75 Å². The van der Waals surface area contributed by atoms with Crippen molar-refractivity contribution in [2.24, 2.45) is 0 Å². The van der Waals surface area contributed by atoms with Crippen LogP contribution >= 0.6 is 11.3 Å². The van der Waals surface area contributed by atoms with Crippen molar-refractivity contribution in [1.82, 2.24) is 4.90 Å². The molecule has 1 amide bonds. The summed E-state index contributed by atoms with van der Waals surface area (Å²) in [4.78, 5) is 28.4. The highest BCUT2D eigenvalue weighted by Crippen LogP contribution is 2.24. The molecule has 0 saturated carbocycles. The summed E-state index contributed by atoms with van der Waals surface area (Å²) in [5.74, 6) is -0.389. The van der Waals surface area contributed by atoms with Crippen molar-refractivity contribution in [3.63, 3.8) is 0 Å². The number of aliphatic carboxylic acids is 1. The lowest BCUT2D eigenvalue weighted by molar-refractivity contribution is -0.152. The Hall–Kier alpha value is -2.54. The molecule has 7 heteroatoms. The Labute approximate surface area is 156 Å². The Morgan fingerprint density at radius 3 is 2.27 bits per heavy atom. The summed E-state index contributed by atoms with van der Waals surface area (Å²) in [6.45, 7) is 5.93. The number of ether oxygens (including phenoxy) is 1. The summed E-state index contributed by atoms with van der Waals surface area (Å²) in [5, 5.41) is 11.0. The predicted octanol–water partition coefficient (Wildman–Crippen LogP) is 2.95. The molecule has 1 aromatic heterocycles. The number of amides is 1. The smallest absolute Gasteiger partial charge is 0.347 e. The van der Waals surface area contributed by atoms with Crippen molar-refractivity contribution in [3.8, 4) is 5.75 Å². The van der Waals surface area contributed by atoms with Crippen molar-refractivity contribution in [2.75, 3.05) is 31.1 Å². The SMILES string of the molecule is CC(C)(Oc1ccc(N2CCN(C(=O)c3cccs3)CC2)cc1)C(=O)O. The van der Waals surface area contributed by atoms with Gasteiger partial charge >= 0.3 is 5.97 Å². The average Bonchev–Trinajstić information content (AvgIpc) is 3.16. The predicted molar refractivity (Wildman–Crippen MR) is 101 cm³/mol. The lowest BCUT2D eigenvalue weighted by atomic mass is 10.1. The first-order valence-corrected chi connectivity index (χ1v) is 9.35. The van der Waals surface area contributed by atoms with E-state index >= 15 is 0 Å². The number of carbonyl (C=O) groups is 2. The highest BCUT2D eigenvalue weighted by Gasteiger charge is 2.29. The van der Waals surface area contributed by atoms with Gasteiger partial charge in [0.1, 0.15) is 5.75 Å². The molecule has 1 N–H and O–H groups in total. The maximum atomic E-state index is 12.4. The third-order valence-corrected chi connectivity index (χ3v) is 5.25. The number of carboxylic acid groups (broad SMARTS) is 1. The van der Waals surface area contributed by atoms with E-state index < -0.39 is 11.6 Å². The van der Waals surface area contributed by atoms with Gasteiger partial charge in [0.25, 0.3) is 5.91 Å². The maximum Gasteiger partial charge on any atom is 0.347 e. The summed E-state index contributed by atoms with van der Waals surface area (Å²) >= 11 is 1.47. The van der Waals surface area contributed by atoms with Gasteiger partial charge in [-0.1, -0.05) is 6.07 Å². The number of thiophene rings is 1. The standard InChI is InChI=1S/C19H22N2O4S/c1-19(2,18(23)24)25-15-7-5-14(6-8-15)20-9-11-21(12-10-20)17(22)16-4-3-13-26-16/h3-8,13H,9-12H2,1-2H3,(H,23,24). The van der Waals surface area contributed by atoms with Gasteiger partial charge in [-0.2, -0.15) is 0 Å². The van der Waals surface area contributed by atoms with E-state index in [-0.39, 0.29) is 5.91 Å². The van der Waals surface area contributed by atoms with Crippen LogP contribution in [0.3, 0.4) is 0 Å². The monoisotopic (exact) mass is 374 g/mol. The normalized spacial score (nSPS) is 15.0. The summed E-state index contributed by atoms with van der Waals surface area (Å²) in [5.41, 5.74) is -0.233. The van der Waals surface area contributed by atoms with Gasteiger partial charge in [0, 0.05) is 31.9 Å². The molecule has 2 aromatic rings. The second-order valence-corrected chi connectivity index (χ2v) is 7.62. The third kappa shape index (κ3) is 3.99. The molecule has 1 aromatic carbocycles. The second-order valence-electron chi connectivity index (χ2n) is 6.67. The van der Waals surface area contributed by atoms with Crippen molar-refractivity contribution in [1.29, 1.82) is 0 Å². The van der Waals surface area contributed by atoms with Gasteiger partial charge in [0.05, 0.1) is 4.88 Å². The van der Waals surface area contributed by atoms with Gasteiger partial charge in [-0.05, 0) is 49.6 Å². The van der Waals surface area contributed by atoms with Gasteiger partial charge in [-0.15, -0.1) is 11.3 Å². The molecule has 0 atom stereocenters. The van der Waals surface area contributed by atoms with Gasteiger partial charge in [-0.25, -0.2) is 4.79 Å². The first-order chi connectivity index (χ1) is 12.4. The van der Waals surface area contributed by atoms with Gasteiger partial charge < -0.3 is 19.6 Å². The number of nitrogens with zero attached hydrogens (tertiary/aromatic N) is 2. The minimum absolute atomic E-state index is 0.0966. The number of hydrogen-bond donors (Lipinski definition) is 1. The molecule has 1 fully saturated rings. The highest BCUT2D eigenvalue weighted by atomic mass is 32.1. The van der Waals surface area contributed by atoms with Gasteiger partial charge in [0.15, 0.2) is 5.60 Å². The van der Waals surface area contributed by atoms with E-state index in [1.165, 1.54) is 25.2 Å². The Kier molecular flexibility index (Phi) is 5.18. The number of rotatable bonds is 5. The molecule has 1 saturated heterocycles. The zero-order chi connectivity index (χ0) is 18.7. The fourth-order valence-electron chi connectivity index (χ4n) is 2.79. The van der Waals surface area contributed by atoms with Crippen LogP contribution in [-0.2, 0) is 4.79 Å². The Morgan fingerprint density at radius 2 is 1.73 bits per heavy atom. The molecule has 0 radical (unpaired) electrons. The molecule has 2 heterocycles. The molecular weight excluding hydrogens is 352 g/mol. The Morgan fingerprint density at radius 1 is 1.08 bits per heavy atom. The van der Waals surface area contributed by atoms with Crippen molar-refractivity contribution in [2.45, 2.75) is 19.4 Å². The molecule has 1 aliphatic heterocycles. The van der Waals surface area contributed by atoms with Crippen molar-refractivity contribution in [3.05, 3.63) is 46.7 Å². The molecule has 0 bridgehead atoms. The first-order valence-electron chi connectivity index (χ1n) is 8.47. The molecule has 1 aliphatic rings. The summed E-state index contributed by atoms with van der Waals surface area (Å²) < 4.78 is 5.53. The van der Waals surface area contributed by atoms with E-state index in [1.54, 1.807) is 12.1 Å². The van der Waals surface area contributed by atoms with Crippen LogP contribution in [0.2, 0.25) is 0 Å². The minimum atomic E-state index is -1.27. The number of benzene rings is 1. The van der Waals surface area contributed by atoms with E-state index in [9.17, 15) is 9.59 Å². The molecule has 0 unspecified atom stereocenters. The summed E-state index contributed by atoms with van der Waals surface area (Å²) in [6, 6.07) is 11.2. The van der Waals surface area contributed by atoms with Crippen LogP contribution in [0.25, 0.3) is 0 Å². The second kappa shape index (κ2) is 7.37. The van der Waals surface area contributed by atoms with Gasteiger partial charge in [0.2, 0.25) is 0 Å². The lowest BCUT2D eigenvalue weighted by Gasteiger charge is -2.36. The van der Waals surface area contributed by atoms with Crippen LogP contribution in [0.4, 0.5) is 5.69 Å². The minimum Gasteiger partial charge on any atom is -0.478 e. The van der Waals surface area contributed by atoms with Crippen LogP contribution in [0.1, 0.15) is 23.5 Å².